The van der Waals surface area contributed by atoms with Crippen molar-refractivity contribution < 1.29 is 14.3 Å². The normalized spacial score (nSPS) is 25.2. The average Bonchev–Trinajstić information content (AvgIpc) is 2.88. The van der Waals surface area contributed by atoms with Crippen LogP contribution in [0.15, 0.2) is 42.5 Å². The molecule has 130 valence electrons. The summed E-state index contributed by atoms with van der Waals surface area (Å²) in [6.45, 7) is 0. The SMILES string of the molecule is CO[C@H]1CC[C@]2(CC1)Cc1ccc(Oc3cccc(Cl)c3)cc1C2=O. The van der Waals surface area contributed by atoms with Crippen LogP contribution < -0.4 is 4.74 Å². The Bertz CT molecular complexity index is 807. The van der Waals surface area contributed by atoms with Crippen molar-refractivity contribution in [2.24, 2.45) is 5.41 Å². The lowest BCUT2D eigenvalue weighted by atomic mass is 9.70. The monoisotopic (exact) mass is 356 g/mol. The lowest BCUT2D eigenvalue weighted by molar-refractivity contribution is 0.0285. The van der Waals surface area contributed by atoms with Crippen molar-refractivity contribution in [3.05, 3.63) is 58.6 Å². The Kier molecular flexibility index (Phi) is 4.30. The van der Waals surface area contributed by atoms with Gasteiger partial charge in [0.15, 0.2) is 5.78 Å². The number of Topliss-reactive ketones (excluding diaryl/α,β-unsaturated/α-hetero) is 1. The second kappa shape index (κ2) is 6.47. The van der Waals surface area contributed by atoms with Gasteiger partial charge in [-0.25, -0.2) is 0 Å². The maximum atomic E-state index is 13.1. The maximum Gasteiger partial charge on any atom is 0.169 e. The quantitative estimate of drug-likeness (QED) is 0.733. The second-order valence-corrected chi connectivity index (χ2v) is 7.54. The lowest BCUT2D eigenvalue weighted by Crippen LogP contribution is -2.35. The topological polar surface area (TPSA) is 35.5 Å². The van der Waals surface area contributed by atoms with Crippen molar-refractivity contribution in [3.8, 4) is 11.5 Å². The van der Waals surface area contributed by atoms with Crippen molar-refractivity contribution in [2.45, 2.75) is 38.2 Å². The van der Waals surface area contributed by atoms with E-state index in [0.717, 1.165) is 43.2 Å². The highest BCUT2D eigenvalue weighted by molar-refractivity contribution is 6.30. The van der Waals surface area contributed by atoms with Gasteiger partial charge in [0.1, 0.15) is 11.5 Å². The second-order valence-electron chi connectivity index (χ2n) is 7.10. The van der Waals surface area contributed by atoms with Gasteiger partial charge >= 0.3 is 0 Å². The molecule has 0 amide bonds. The van der Waals surface area contributed by atoms with E-state index < -0.39 is 0 Å². The molecule has 0 aromatic heterocycles. The molecule has 0 saturated heterocycles. The van der Waals surface area contributed by atoms with Crippen LogP contribution in [0.25, 0.3) is 0 Å². The van der Waals surface area contributed by atoms with Gasteiger partial charge in [-0.2, -0.15) is 0 Å². The summed E-state index contributed by atoms with van der Waals surface area (Å²) in [5.74, 6) is 1.62. The van der Waals surface area contributed by atoms with Crippen molar-refractivity contribution in [2.75, 3.05) is 7.11 Å². The number of fused-ring (bicyclic) bond motifs is 1. The number of hydrogen-bond donors (Lipinski definition) is 0. The van der Waals surface area contributed by atoms with Crippen LogP contribution >= 0.6 is 11.6 Å². The summed E-state index contributed by atoms with van der Waals surface area (Å²) in [6, 6.07) is 13.1. The predicted octanol–water partition coefficient (Wildman–Crippen LogP) is 5.45. The van der Waals surface area contributed by atoms with Crippen LogP contribution in [0.2, 0.25) is 5.02 Å². The first-order valence-corrected chi connectivity index (χ1v) is 9.11. The fourth-order valence-corrected chi connectivity index (χ4v) is 4.35. The highest BCUT2D eigenvalue weighted by Gasteiger charge is 2.47. The zero-order chi connectivity index (χ0) is 17.4. The van der Waals surface area contributed by atoms with Crippen molar-refractivity contribution in [3.63, 3.8) is 0 Å². The first kappa shape index (κ1) is 16.6. The molecule has 3 nitrogen and oxygen atoms in total. The number of hydrogen-bond acceptors (Lipinski definition) is 3. The molecule has 0 N–H and O–H groups in total. The van der Waals surface area contributed by atoms with Gasteiger partial charge in [-0.15, -0.1) is 0 Å². The molecule has 25 heavy (non-hydrogen) atoms. The Morgan fingerprint density at radius 3 is 2.56 bits per heavy atom. The van der Waals surface area contributed by atoms with Crippen LogP contribution in [-0.4, -0.2) is 19.0 Å². The Morgan fingerprint density at radius 1 is 1.08 bits per heavy atom. The molecule has 2 aromatic carbocycles. The number of rotatable bonds is 3. The van der Waals surface area contributed by atoms with Gasteiger partial charge in [0, 0.05) is 23.1 Å². The Balaban J connectivity index is 1.56. The van der Waals surface area contributed by atoms with Crippen LogP contribution in [0.3, 0.4) is 0 Å². The van der Waals surface area contributed by atoms with E-state index in [9.17, 15) is 4.79 Å². The molecule has 2 aliphatic rings. The van der Waals surface area contributed by atoms with Gasteiger partial charge in [-0.1, -0.05) is 23.7 Å². The molecule has 1 spiro atoms. The van der Waals surface area contributed by atoms with E-state index in [1.165, 1.54) is 0 Å². The molecule has 1 fully saturated rings. The van der Waals surface area contributed by atoms with Crippen LogP contribution in [0.1, 0.15) is 41.6 Å². The summed E-state index contributed by atoms with van der Waals surface area (Å²) in [4.78, 5) is 13.1. The molecule has 1 saturated carbocycles. The smallest absolute Gasteiger partial charge is 0.169 e. The average molecular weight is 357 g/mol. The van der Waals surface area contributed by atoms with Crippen LogP contribution in [-0.2, 0) is 11.2 Å². The standard InChI is InChI=1S/C21H21ClO3/c1-24-16-7-9-21(10-8-16)13-14-5-6-18(12-19(14)20(21)23)25-17-4-2-3-15(22)11-17/h2-6,11-12,16H,7-10,13H2,1H3/t16-,21-. The molecule has 0 heterocycles. The summed E-state index contributed by atoms with van der Waals surface area (Å²) in [5.41, 5.74) is 1.72. The van der Waals surface area contributed by atoms with Crippen molar-refractivity contribution in [1.29, 1.82) is 0 Å². The first-order chi connectivity index (χ1) is 12.1. The first-order valence-electron chi connectivity index (χ1n) is 8.74. The van der Waals surface area contributed by atoms with Crippen LogP contribution in [0.5, 0.6) is 11.5 Å². The number of carbonyl (C=O) groups excluding carboxylic acids is 1. The summed E-state index contributed by atoms with van der Waals surface area (Å²) in [6.07, 6.45) is 4.87. The molecule has 0 bridgehead atoms. The molecule has 2 aromatic rings. The largest absolute Gasteiger partial charge is 0.457 e. The third-order valence-electron chi connectivity index (χ3n) is 5.59. The molecule has 4 rings (SSSR count). The Morgan fingerprint density at radius 2 is 1.84 bits per heavy atom. The van der Waals surface area contributed by atoms with E-state index in [-0.39, 0.29) is 11.2 Å². The number of halogens is 1. The van der Waals surface area contributed by atoms with Gasteiger partial charge in [-0.05, 0) is 68.0 Å². The highest BCUT2D eigenvalue weighted by atomic mass is 35.5. The van der Waals surface area contributed by atoms with Gasteiger partial charge in [0.05, 0.1) is 6.10 Å². The van der Waals surface area contributed by atoms with E-state index in [1.54, 1.807) is 19.2 Å². The zero-order valence-corrected chi connectivity index (χ0v) is 15.0. The van der Waals surface area contributed by atoms with Crippen molar-refractivity contribution in [1.82, 2.24) is 0 Å². The van der Waals surface area contributed by atoms with E-state index in [1.807, 2.05) is 30.3 Å². The van der Waals surface area contributed by atoms with Gasteiger partial charge in [-0.3, -0.25) is 4.79 Å². The lowest BCUT2D eigenvalue weighted by Gasteiger charge is -2.35. The number of carbonyl (C=O) groups is 1. The minimum Gasteiger partial charge on any atom is -0.457 e. The van der Waals surface area contributed by atoms with E-state index in [2.05, 4.69) is 0 Å². The fourth-order valence-electron chi connectivity index (χ4n) is 4.17. The molecule has 0 aliphatic heterocycles. The molecule has 0 atom stereocenters. The van der Waals surface area contributed by atoms with E-state index in [4.69, 9.17) is 21.1 Å². The van der Waals surface area contributed by atoms with Crippen LogP contribution in [0.4, 0.5) is 0 Å². The molecular formula is C21H21ClO3. The Labute approximate surface area is 152 Å². The minimum absolute atomic E-state index is 0.230. The zero-order valence-electron chi connectivity index (χ0n) is 14.3. The number of benzene rings is 2. The third kappa shape index (κ3) is 3.07. The van der Waals surface area contributed by atoms with E-state index >= 15 is 0 Å². The van der Waals surface area contributed by atoms with Gasteiger partial charge in [0.2, 0.25) is 0 Å². The number of ketones is 1. The Hall–Kier alpha value is -1.84. The van der Waals surface area contributed by atoms with E-state index in [0.29, 0.717) is 22.6 Å². The van der Waals surface area contributed by atoms with Crippen molar-refractivity contribution >= 4 is 17.4 Å². The maximum absolute atomic E-state index is 13.1. The predicted molar refractivity (Wildman–Crippen MR) is 97.7 cm³/mol. The van der Waals surface area contributed by atoms with Gasteiger partial charge < -0.3 is 9.47 Å². The number of methoxy groups -OCH3 is 1. The number of ether oxygens (including phenoxy) is 2. The minimum atomic E-state index is -0.230. The van der Waals surface area contributed by atoms with Crippen LogP contribution in [0, 0.1) is 5.41 Å². The molecule has 0 unspecified atom stereocenters. The molecular weight excluding hydrogens is 336 g/mol. The molecule has 0 radical (unpaired) electrons. The summed E-state index contributed by atoms with van der Waals surface area (Å²) in [7, 11) is 1.76. The molecule has 2 aliphatic carbocycles. The summed E-state index contributed by atoms with van der Waals surface area (Å²) in [5, 5.41) is 0.628. The highest BCUT2D eigenvalue weighted by Crippen LogP contribution is 2.48. The fraction of sp³-hybridized carbons (Fsp3) is 0.381. The summed E-state index contributed by atoms with van der Waals surface area (Å²) < 4.78 is 11.3. The third-order valence-corrected chi connectivity index (χ3v) is 5.83. The molecule has 4 heteroatoms. The summed E-state index contributed by atoms with van der Waals surface area (Å²) >= 11 is 6.00. The van der Waals surface area contributed by atoms with Gasteiger partial charge in [0.25, 0.3) is 0 Å².